The van der Waals surface area contributed by atoms with Crippen LogP contribution < -0.4 is 0 Å². The molecule has 2 atom stereocenters. The molecule has 0 N–H and O–H groups in total. The van der Waals surface area contributed by atoms with Crippen LogP contribution in [0.3, 0.4) is 0 Å². The zero-order chi connectivity index (χ0) is 11.6. The molecule has 1 saturated heterocycles. The van der Waals surface area contributed by atoms with E-state index in [4.69, 9.17) is 4.74 Å². The minimum absolute atomic E-state index is 0.0572. The van der Waals surface area contributed by atoms with Crippen LogP contribution in [0.1, 0.15) is 27.2 Å². The fourth-order valence-electron chi connectivity index (χ4n) is 1.47. The second-order valence-corrected chi connectivity index (χ2v) is 4.67. The van der Waals surface area contributed by atoms with Crippen LogP contribution in [-0.2, 0) is 9.53 Å². The molecule has 5 heteroatoms. The lowest BCUT2D eigenvalue weighted by atomic mass is 10.2. The first kappa shape index (κ1) is 11.9. The van der Waals surface area contributed by atoms with Gasteiger partial charge in [0.25, 0.3) is 0 Å². The molecule has 0 spiro atoms. The highest BCUT2D eigenvalue weighted by molar-refractivity contribution is 5.74. The van der Waals surface area contributed by atoms with Crippen molar-refractivity contribution in [3.8, 4) is 0 Å². The van der Waals surface area contributed by atoms with Gasteiger partial charge in [0.15, 0.2) is 0 Å². The maximum absolute atomic E-state index is 13.0. The Bertz CT molecular complexity index is 262. The number of hydrogen-bond acceptors (Lipinski definition) is 3. The van der Waals surface area contributed by atoms with Crippen molar-refractivity contribution < 1.29 is 18.7 Å². The molecular weight excluding hydrogens is 201 g/mol. The molecule has 15 heavy (non-hydrogen) atoms. The van der Waals surface area contributed by atoms with Crippen molar-refractivity contribution in [3.05, 3.63) is 0 Å². The monoisotopic (exact) mass is 217 g/mol. The van der Waals surface area contributed by atoms with E-state index in [0.29, 0.717) is 6.29 Å². The summed E-state index contributed by atoms with van der Waals surface area (Å²) in [4.78, 5) is 23.3. The molecule has 1 aliphatic heterocycles. The summed E-state index contributed by atoms with van der Waals surface area (Å²) in [6.45, 7) is 5.12. The molecule has 0 radical (unpaired) electrons. The molecule has 1 unspecified atom stereocenters. The largest absolute Gasteiger partial charge is 0.444 e. The third-order valence-corrected chi connectivity index (χ3v) is 2.08. The van der Waals surface area contributed by atoms with Crippen LogP contribution in [0, 0.1) is 0 Å². The molecular formula is C10H16FNO3. The second kappa shape index (κ2) is 4.16. The Morgan fingerprint density at radius 1 is 1.53 bits per heavy atom. The molecule has 86 valence electrons. The Kier molecular flexibility index (Phi) is 3.31. The maximum Gasteiger partial charge on any atom is 0.410 e. The number of aldehydes is 1. The Balaban J connectivity index is 2.63. The Morgan fingerprint density at radius 3 is 2.60 bits per heavy atom. The van der Waals surface area contributed by atoms with Crippen molar-refractivity contribution in [2.45, 2.75) is 45.0 Å². The summed E-state index contributed by atoms with van der Waals surface area (Å²) in [6.07, 6.45) is -1.10. The van der Waals surface area contributed by atoms with E-state index >= 15 is 0 Å². The van der Waals surface area contributed by atoms with E-state index in [0.717, 1.165) is 4.90 Å². The van der Waals surface area contributed by atoms with E-state index in [1.165, 1.54) is 0 Å². The molecule has 1 rings (SSSR count). The summed E-state index contributed by atoms with van der Waals surface area (Å²) in [5.74, 6) is 0. The summed E-state index contributed by atoms with van der Waals surface area (Å²) in [7, 11) is 0. The highest BCUT2D eigenvalue weighted by Crippen LogP contribution is 2.21. The number of hydrogen-bond donors (Lipinski definition) is 0. The van der Waals surface area contributed by atoms with Crippen molar-refractivity contribution in [2.75, 3.05) is 6.54 Å². The smallest absolute Gasteiger partial charge is 0.410 e. The molecule has 1 aliphatic rings. The second-order valence-electron chi connectivity index (χ2n) is 4.67. The van der Waals surface area contributed by atoms with Crippen LogP contribution >= 0.6 is 0 Å². The van der Waals surface area contributed by atoms with E-state index in [1.54, 1.807) is 20.8 Å². The van der Waals surface area contributed by atoms with Gasteiger partial charge in [-0.25, -0.2) is 9.18 Å². The first-order chi connectivity index (χ1) is 6.83. The number of carbonyl (C=O) groups excluding carboxylic acids is 2. The standard InChI is InChI=1S/C10H16FNO3/c1-10(2,3)15-9(14)12-5-7(11)4-8(12)6-13/h6-8H,4-5H2,1-3H3/t7?,8-/m0/s1. The van der Waals surface area contributed by atoms with Crippen LogP contribution in [-0.4, -0.2) is 41.6 Å². The van der Waals surface area contributed by atoms with E-state index in [-0.39, 0.29) is 13.0 Å². The third kappa shape index (κ3) is 3.18. The fraction of sp³-hybridized carbons (Fsp3) is 0.800. The minimum Gasteiger partial charge on any atom is -0.444 e. The van der Waals surface area contributed by atoms with Gasteiger partial charge < -0.3 is 9.53 Å². The highest BCUT2D eigenvalue weighted by atomic mass is 19.1. The number of halogens is 1. The number of nitrogens with zero attached hydrogens (tertiary/aromatic N) is 1. The van der Waals surface area contributed by atoms with Gasteiger partial charge in [-0.2, -0.15) is 0 Å². The van der Waals surface area contributed by atoms with Crippen LogP contribution in [0.4, 0.5) is 9.18 Å². The molecule has 0 aliphatic carbocycles. The number of likely N-dealkylation sites (tertiary alicyclic amines) is 1. The third-order valence-electron chi connectivity index (χ3n) is 2.08. The minimum atomic E-state index is -1.13. The van der Waals surface area contributed by atoms with Crippen molar-refractivity contribution in [1.29, 1.82) is 0 Å². The predicted octanol–water partition coefficient (Wildman–Crippen LogP) is 1.53. The average molecular weight is 217 g/mol. The van der Waals surface area contributed by atoms with Crippen molar-refractivity contribution in [1.82, 2.24) is 4.90 Å². The van der Waals surface area contributed by atoms with Crippen molar-refractivity contribution >= 4 is 12.4 Å². The van der Waals surface area contributed by atoms with Crippen LogP contribution in [0.15, 0.2) is 0 Å². The number of ether oxygens (including phenoxy) is 1. The summed E-state index contributed by atoms with van der Waals surface area (Å²) < 4.78 is 18.1. The van der Waals surface area contributed by atoms with Crippen molar-refractivity contribution in [3.63, 3.8) is 0 Å². The van der Waals surface area contributed by atoms with Crippen molar-refractivity contribution in [2.24, 2.45) is 0 Å². The quantitative estimate of drug-likeness (QED) is 0.626. The van der Waals surface area contributed by atoms with Gasteiger partial charge >= 0.3 is 6.09 Å². The van der Waals surface area contributed by atoms with Gasteiger partial charge in [-0.3, -0.25) is 4.90 Å². The zero-order valence-corrected chi connectivity index (χ0v) is 9.20. The van der Waals surface area contributed by atoms with E-state index < -0.39 is 23.9 Å². The summed E-state index contributed by atoms with van der Waals surface area (Å²) in [6, 6.07) is -0.685. The number of alkyl halides is 1. The van der Waals surface area contributed by atoms with Gasteiger partial charge in [-0.05, 0) is 20.8 Å². The number of rotatable bonds is 1. The fourth-order valence-corrected chi connectivity index (χ4v) is 1.47. The summed E-state index contributed by atoms with van der Waals surface area (Å²) in [5, 5.41) is 0. The topological polar surface area (TPSA) is 46.6 Å². The lowest BCUT2D eigenvalue weighted by Gasteiger charge is -2.26. The van der Waals surface area contributed by atoms with E-state index in [1.807, 2.05) is 0 Å². The van der Waals surface area contributed by atoms with Gasteiger partial charge in [-0.1, -0.05) is 0 Å². The summed E-state index contributed by atoms with van der Waals surface area (Å²) in [5.41, 5.74) is -0.626. The maximum atomic E-state index is 13.0. The number of amides is 1. The molecule has 1 heterocycles. The normalized spacial score (nSPS) is 26.5. The zero-order valence-electron chi connectivity index (χ0n) is 9.20. The Morgan fingerprint density at radius 2 is 2.13 bits per heavy atom. The highest BCUT2D eigenvalue weighted by Gasteiger charge is 2.37. The molecule has 1 amide bonds. The molecule has 4 nitrogen and oxygen atoms in total. The first-order valence-corrected chi connectivity index (χ1v) is 4.92. The number of carbonyl (C=O) groups is 2. The predicted molar refractivity (Wildman–Crippen MR) is 52.3 cm³/mol. The van der Waals surface area contributed by atoms with Gasteiger partial charge in [0.1, 0.15) is 18.1 Å². The average Bonchev–Trinajstić information content (AvgIpc) is 2.43. The van der Waals surface area contributed by atoms with Gasteiger partial charge in [0.05, 0.1) is 12.6 Å². The Labute approximate surface area is 88.4 Å². The van der Waals surface area contributed by atoms with Crippen LogP contribution in [0.5, 0.6) is 0 Å². The first-order valence-electron chi connectivity index (χ1n) is 4.92. The Hall–Kier alpha value is -1.13. The van der Waals surface area contributed by atoms with Gasteiger partial charge in [-0.15, -0.1) is 0 Å². The van der Waals surface area contributed by atoms with Gasteiger partial charge in [0.2, 0.25) is 0 Å². The summed E-state index contributed by atoms with van der Waals surface area (Å²) >= 11 is 0. The van der Waals surface area contributed by atoms with Crippen LogP contribution in [0.2, 0.25) is 0 Å². The SMILES string of the molecule is CC(C)(C)OC(=O)N1CC(F)C[C@H]1C=O. The van der Waals surface area contributed by atoms with E-state index in [2.05, 4.69) is 0 Å². The van der Waals surface area contributed by atoms with E-state index in [9.17, 15) is 14.0 Å². The molecule has 1 fully saturated rings. The molecule has 0 saturated carbocycles. The molecule has 0 bridgehead atoms. The van der Waals surface area contributed by atoms with Crippen LogP contribution in [0.25, 0.3) is 0 Å². The van der Waals surface area contributed by atoms with Gasteiger partial charge in [0, 0.05) is 6.42 Å². The molecule has 0 aromatic rings. The molecule has 0 aromatic carbocycles. The molecule has 0 aromatic heterocycles. The lowest BCUT2D eigenvalue weighted by Crippen LogP contribution is -2.40. The lowest BCUT2D eigenvalue weighted by molar-refractivity contribution is -0.111.